The minimum Gasteiger partial charge on any atom is -0.444 e. The van der Waals surface area contributed by atoms with Crippen LogP contribution in [0.2, 0.25) is 0 Å². The molecule has 0 aliphatic heterocycles. The summed E-state index contributed by atoms with van der Waals surface area (Å²) in [5.74, 6) is 0. The van der Waals surface area contributed by atoms with Crippen molar-refractivity contribution >= 4 is 29.8 Å². The SMILES string of the molecule is CN(C)/C=N\C(=S)NCCNC(=O)OC(C)(C)C. The van der Waals surface area contributed by atoms with Crippen molar-refractivity contribution in [2.24, 2.45) is 4.99 Å². The number of hydrogen-bond acceptors (Lipinski definition) is 3. The number of amides is 1. The second-order valence-electron chi connectivity index (χ2n) is 4.87. The first-order chi connectivity index (χ1) is 8.20. The zero-order valence-electron chi connectivity index (χ0n) is 11.6. The number of carbonyl (C=O) groups is 1. The quantitative estimate of drug-likeness (QED) is 0.346. The molecule has 0 bridgehead atoms. The molecule has 0 unspecified atom stereocenters. The monoisotopic (exact) mass is 274 g/mol. The summed E-state index contributed by atoms with van der Waals surface area (Å²) in [6.07, 6.45) is 1.17. The largest absolute Gasteiger partial charge is 0.444 e. The van der Waals surface area contributed by atoms with Crippen LogP contribution in [-0.2, 0) is 4.74 Å². The van der Waals surface area contributed by atoms with Gasteiger partial charge in [0.15, 0.2) is 5.11 Å². The normalized spacial score (nSPS) is 11.2. The van der Waals surface area contributed by atoms with Crippen LogP contribution < -0.4 is 10.6 Å². The minimum absolute atomic E-state index is 0.384. The van der Waals surface area contributed by atoms with Crippen LogP contribution in [0.5, 0.6) is 0 Å². The lowest BCUT2D eigenvalue weighted by Gasteiger charge is -2.19. The third-order valence-corrected chi connectivity index (χ3v) is 1.73. The molecule has 104 valence electrons. The molecule has 0 saturated heterocycles. The summed E-state index contributed by atoms with van der Waals surface area (Å²) < 4.78 is 5.08. The Morgan fingerprint density at radius 2 is 1.89 bits per heavy atom. The summed E-state index contributed by atoms with van der Waals surface area (Å²) in [7, 11) is 3.71. The maximum atomic E-state index is 11.3. The van der Waals surface area contributed by atoms with Crippen LogP contribution in [0.15, 0.2) is 4.99 Å². The average Bonchev–Trinajstić information content (AvgIpc) is 2.19. The Bertz CT molecular complexity index is 311. The average molecular weight is 274 g/mol. The highest BCUT2D eigenvalue weighted by Gasteiger charge is 2.15. The second kappa shape index (κ2) is 7.86. The molecule has 0 radical (unpaired) electrons. The van der Waals surface area contributed by atoms with Gasteiger partial charge in [-0.2, -0.15) is 0 Å². The molecule has 0 spiro atoms. The van der Waals surface area contributed by atoms with Crippen LogP contribution in [0, 0.1) is 0 Å². The molecular weight excluding hydrogens is 252 g/mol. The molecule has 0 rings (SSSR count). The number of thiocarbonyl (C=S) groups is 1. The zero-order chi connectivity index (χ0) is 14.2. The zero-order valence-corrected chi connectivity index (χ0v) is 12.4. The van der Waals surface area contributed by atoms with Crippen molar-refractivity contribution in [1.82, 2.24) is 15.5 Å². The van der Waals surface area contributed by atoms with Crippen molar-refractivity contribution in [3.05, 3.63) is 0 Å². The number of carbonyl (C=O) groups excluding carboxylic acids is 1. The third kappa shape index (κ3) is 11.1. The van der Waals surface area contributed by atoms with Crippen molar-refractivity contribution in [2.75, 3.05) is 27.2 Å². The van der Waals surface area contributed by atoms with E-state index in [1.807, 2.05) is 34.9 Å². The highest BCUT2D eigenvalue weighted by molar-refractivity contribution is 7.80. The Labute approximate surface area is 114 Å². The van der Waals surface area contributed by atoms with Gasteiger partial charge in [-0.3, -0.25) is 0 Å². The smallest absolute Gasteiger partial charge is 0.407 e. The maximum absolute atomic E-state index is 11.3. The molecule has 0 saturated carbocycles. The van der Waals surface area contributed by atoms with Crippen molar-refractivity contribution < 1.29 is 9.53 Å². The molecule has 0 aliphatic carbocycles. The van der Waals surface area contributed by atoms with Gasteiger partial charge in [-0.15, -0.1) is 0 Å². The Morgan fingerprint density at radius 3 is 2.39 bits per heavy atom. The molecule has 1 amide bonds. The van der Waals surface area contributed by atoms with E-state index in [1.54, 1.807) is 11.2 Å². The first-order valence-corrected chi connectivity index (χ1v) is 6.07. The molecule has 0 aliphatic rings. The fourth-order valence-electron chi connectivity index (χ4n) is 0.862. The van der Waals surface area contributed by atoms with Gasteiger partial charge in [0.05, 0.1) is 6.34 Å². The maximum Gasteiger partial charge on any atom is 0.407 e. The molecule has 18 heavy (non-hydrogen) atoms. The van der Waals surface area contributed by atoms with Gasteiger partial charge < -0.3 is 20.3 Å². The number of ether oxygens (including phenoxy) is 1. The standard InChI is InChI=1S/C11H22N4O2S/c1-11(2,3)17-10(16)13-7-6-12-9(18)14-8-15(4)5/h8H,6-7H2,1-5H3,(H,12,18)(H,13,16)/b14-8-. The third-order valence-electron chi connectivity index (χ3n) is 1.48. The van der Waals surface area contributed by atoms with E-state index in [0.29, 0.717) is 18.2 Å². The van der Waals surface area contributed by atoms with Gasteiger partial charge in [-0.25, -0.2) is 9.79 Å². The van der Waals surface area contributed by atoms with Crippen LogP contribution in [0.1, 0.15) is 20.8 Å². The van der Waals surface area contributed by atoms with Gasteiger partial charge in [-0.1, -0.05) is 0 Å². The van der Waals surface area contributed by atoms with Gasteiger partial charge in [0.25, 0.3) is 0 Å². The highest BCUT2D eigenvalue weighted by Crippen LogP contribution is 2.05. The fraction of sp³-hybridized carbons (Fsp3) is 0.727. The number of alkyl carbamates (subject to hydrolysis) is 1. The Hall–Kier alpha value is -1.37. The Balaban J connectivity index is 3.68. The summed E-state index contributed by atoms with van der Waals surface area (Å²) in [4.78, 5) is 17.0. The minimum atomic E-state index is -0.483. The van der Waals surface area contributed by atoms with Crippen molar-refractivity contribution in [2.45, 2.75) is 26.4 Å². The molecule has 0 aromatic heterocycles. The van der Waals surface area contributed by atoms with Gasteiger partial charge in [0, 0.05) is 27.2 Å². The van der Waals surface area contributed by atoms with Crippen LogP contribution >= 0.6 is 12.2 Å². The molecule has 0 atom stereocenters. The van der Waals surface area contributed by atoms with Crippen molar-refractivity contribution in [3.63, 3.8) is 0 Å². The van der Waals surface area contributed by atoms with Crippen LogP contribution in [0.4, 0.5) is 4.79 Å². The fourth-order valence-corrected chi connectivity index (χ4v) is 1.01. The van der Waals surface area contributed by atoms with E-state index in [2.05, 4.69) is 15.6 Å². The van der Waals surface area contributed by atoms with Crippen molar-refractivity contribution in [1.29, 1.82) is 0 Å². The highest BCUT2D eigenvalue weighted by atomic mass is 32.1. The van der Waals surface area contributed by atoms with Gasteiger partial charge in [-0.05, 0) is 33.0 Å². The summed E-state index contributed by atoms with van der Waals surface area (Å²) >= 11 is 4.96. The molecule has 0 fully saturated rings. The molecule has 7 heteroatoms. The summed E-state index contributed by atoms with van der Waals surface area (Å²) in [6.45, 7) is 6.37. The van der Waals surface area contributed by atoms with E-state index in [4.69, 9.17) is 17.0 Å². The molecular formula is C11H22N4O2S. The van der Waals surface area contributed by atoms with Gasteiger partial charge in [0.2, 0.25) is 0 Å². The lowest BCUT2D eigenvalue weighted by Crippen LogP contribution is -2.37. The molecule has 6 nitrogen and oxygen atoms in total. The van der Waals surface area contributed by atoms with Crippen LogP contribution in [0.3, 0.4) is 0 Å². The van der Waals surface area contributed by atoms with E-state index in [9.17, 15) is 4.79 Å². The summed E-state index contributed by atoms with van der Waals surface area (Å²) in [5, 5.41) is 5.89. The number of hydrogen-bond donors (Lipinski definition) is 2. The van der Waals surface area contributed by atoms with E-state index >= 15 is 0 Å². The summed E-state index contributed by atoms with van der Waals surface area (Å²) in [5.41, 5.74) is -0.483. The second-order valence-corrected chi connectivity index (χ2v) is 5.26. The lowest BCUT2D eigenvalue weighted by molar-refractivity contribution is 0.0529. The Morgan fingerprint density at radius 1 is 1.33 bits per heavy atom. The number of nitrogens with zero attached hydrogens (tertiary/aromatic N) is 2. The Kier molecular flexibility index (Phi) is 7.26. The first kappa shape index (κ1) is 16.6. The van der Waals surface area contributed by atoms with Gasteiger partial charge >= 0.3 is 6.09 Å². The van der Waals surface area contributed by atoms with E-state index in [-0.39, 0.29) is 0 Å². The number of rotatable bonds is 4. The van der Waals surface area contributed by atoms with Gasteiger partial charge in [0.1, 0.15) is 5.60 Å². The van der Waals surface area contributed by atoms with Crippen molar-refractivity contribution in [3.8, 4) is 0 Å². The van der Waals surface area contributed by atoms with E-state index in [0.717, 1.165) is 0 Å². The molecule has 0 aromatic carbocycles. The molecule has 0 aromatic rings. The molecule has 0 heterocycles. The lowest BCUT2D eigenvalue weighted by atomic mass is 10.2. The molecule has 2 N–H and O–H groups in total. The predicted molar refractivity (Wildman–Crippen MR) is 77.0 cm³/mol. The predicted octanol–water partition coefficient (Wildman–Crippen LogP) is 0.975. The van der Waals surface area contributed by atoms with Crippen LogP contribution in [-0.4, -0.2) is 55.2 Å². The topological polar surface area (TPSA) is 66.0 Å². The first-order valence-electron chi connectivity index (χ1n) is 5.66. The van der Waals surface area contributed by atoms with Crippen LogP contribution in [0.25, 0.3) is 0 Å². The number of nitrogens with one attached hydrogen (secondary N) is 2. The summed E-state index contributed by atoms with van der Waals surface area (Å²) in [6, 6.07) is 0. The van der Waals surface area contributed by atoms with E-state index < -0.39 is 11.7 Å². The van der Waals surface area contributed by atoms with E-state index in [1.165, 1.54) is 0 Å². The number of aliphatic imine (C=N–C) groups is 1.